The van der Waals surface area contributed by atoms with E-state index in [9.17, 15) is 13.2 Å². The molecule has 0 aromatic heterocycles. The number of rotatable bonds is 4. The van der Waals surface area contributed by atoms with Crippen molar-refractivity contribution in [2.75, 3.05) is 5.32 Å². The molecule has 0 saturated heterocycles. The molecular weight excluding hydrogens is 274 g/mol. The van der Waals surface area contributed by atoms with E-state index in [2.05, 4.69) is 11.9 Å². The van der Waals surface area contributed by atoms with Crippen molar-refractivity contribution in [3.8, 4) is 0 Å². The van der Waals surface area contributed by atoms with Crippen molar-refractivity contribution in [3.63, 3.8) is 0 Å². The molecule has 0 saturated carbocycles. The first-order chi connectivity index (χ1) is 9.54. The fraction of sp³-hybridized carbons (Fsp3) is 0. The molecule has 2 aromatic rings. The average Bonchev–Trinajstić information content (AvgIpc) is 2.48. The summed E-state index contributed by atoms with van der Waals surface area (Å²) in [7, 11) is -3.52. The lowest BCUT2D eigenvalue weighted by Crippen LogP contribution is -2.07. The third-order valence-corrected chi connectivity index (χ3v) is 4.46. The van der Waals surface area contributed by atoms with Crippen LogP contribution in [0.4, 0.5) is 5.69 Å². The third-order valence-electron chi connectivity index (χ3n) is 2.67. The van der Waals surface area contributed by atoms with Gasteiger partial charge < -0.3 is 5.32 Å². The molecule has 102 valence electrons. The Bertz CT molecular complexity index is 719. The van der Waals surface area contributed by atoms with Crippen LogP contribution in [0.25, 0.3) is 0 Å². The number of hydrogen-bond acceptors (Lipinski definition) is 3. The minimum absolute atomic E-state index is 0.181. The molecule has 0 radical (unpaired) electrons. The smallest absolute Gasteiger partial charge is 0.247 e. The summed E-state index contributed by atoms with van der Waals surface area (Å²) < 4.78 is 24.6. The van der Waals surface area contributed by atoms with E-state index in [1.807, 2.05) is 0 Å². The van der Waals surface area contributed by atoms with Gasteiger partial charge in [0, 0.05) is 5.69 Å². The Morgan fingerprint density at radius 1 is 0.950 bits per heavy atom. The quantitative estimate of drug-likeness (QED) is 0.879. The fourth-order valence-corrected chi connectivity index (χ4v) is 2.93. The molecule has 0 aliphatic rings. The van der Waals surface area contributed by atoms with E-state index in [0.717, 1.165) is 6.08 Å². The van der Waals surface area contributed by atoms with Crippen molar-refractivity contribution in [3.05, 3.63) is 67.3 Å². The Morgan fingerprint density at radius 3 is 2.05 bits per heavy atom. The van der Waals surface area contributed by atoms with Gasteiger partial charge in [-0.15, -0.1) is 0 Å². The van der Waals surface area contributed by atoms with Gasteiger partial charge in [-0.3, -0.25) is 4.79 Å². The van der Waals surface area contributed by atoms with E-state index in [0.29, 0.717) is 5.69 Å². The maximum absolute atomic E-state index is 12.3. The average molecular weight is 287 g/mol. The summed E-state index contributed by atoms with van der Waals surface area (Å²) in [6.07, 6.45) is 1.15. The number of carbonyl (C=O) groups is 1. The third kappa shape index (κ3) is 2.95. The molecule has 0 aliphatic carbocycles. The van der Waals surface area contributed by atoms with E-state index in [-0.39, 0.29) is 15.7 Å². The van der Waals surface area contributed by atoms with Gasteiger partial charge in [0.1, 0.15) is 0 Å². The molecule has 4 nitrogen and oxygen atoms in total. The highest BCUT2D eigenvalue weighted by Gasteiger charge is 2.16. The summed E-state index contributed by atoms with van der Waals surface area (Å²) in [5.41, 5.74) is 0.516. The van der Waals surface area contributed by atoms with Crippen LogP contribution in [-0.2, 0) is 14.6 Å². The van der Waals surface area contributed by atoms with E-state index < -0.39 is 9.84 Å². The van der Waals surface area contributed by atoms with Crippen LogP contribution < -0.4 is 5.32 Å². The maximum atomic E-state index is 12.3. The molecule has 1 N–H and O–H groups in total. The molecule has 2 aromatic carbocycles. The second-order valence-corrected chi connectivity index (χ2v) is 5.98. The molecule has 20 heavy (non-hydrogen) atoms. The van der Waals surface area contributed by atoms with Gasteiger partial charge in [-0.05, 0) is 42.5 Å². The van der Waals surface area contributed by atoms with Crippen LogP contribution >= 0.6 is 0 Å². The van der Waals surface area contributed by atoms with Gasteiger partial charge in [-0.1, -0.05) is 24.8 Å². The number of amides is 1. The topological polar surface area (TPSA) is 63.2 Å². The van der Waals surface area contributed by atoms with Crippen LogP contribution in [0.3, 0.4) is 0 Å². The highest BCUT2D eigenvalue weighted by atomic mass is 32.2. The Morgan fingerprint density at radius 2 is 1.50 bits per heavy atom. The van der Waals surface area contributed by atoms with E-state index in [1.54, 1.807) is 30.3 Å². The molecule has 2 rings (SSSR count). The maximum Gasteiger partial charge on any atom is 0.247 e. The number of carbonyl (C=O) groups excluding carboxylic acids is 1. The lowest BCUT2D eigenvalue weighted by atomic mass is 10.3. The first kappa shape index (κ1) is 14.0. The zero-order valence-corrected chi connectivity index (χ0v) is 11.4. The molecule has 0 heterocycles. The molecule has 0 atom stereocenters. The zero-order valence-electron chi connectivity index (χ0n) is 10.6. The first-order valence-corrected chi connectivity index (χ1v) is 7.36. The fourth-order valence-electron chi connectivity index (χ4n) is 1.65. The van der Waals surface area contributed by atoms with Crippen LogP contribution in [0.1, 0.15) is 0 Å². The van der Waals surface area contributed by atoms with Crippen LogP contribution in [0.15, 0.2) is 77.0 Å². The van der Waals surface area contributed by atoms with Crippen molar-refractivity contribution in [2.24, 2.45) is 0 Å². The number of hydrogen-bond donors (Lipinski definition) is 1. The summed E-state index contributed by atoms with van der Waals surface area (Å²) >= 11 is 0. The second-order valence-electron chi connectivity index (χ2n) is 4.03. The number of nitrogens with one attached hydrogen (secondary N) is 1. The van der Waals surface area contributed by atoms with Crippen molar-refractivity contribution in [1.82, 2.24) is 0 Å². The van der Waals surface area contributed by atoms with Gasteiger partial charge in [0.15, 0.2) is 0 Å². The second kappa shape index (κ2) is 5.71. The van der Waals surface area contributed by atoms with Crippen LogP contribution in [0.2, 0.25) is 0 Å². The monoisotopic (exact) mass is 287 g/mol. The van der Waals surface area contributed by atoms with Crippen molar-refractivity contribution < 1.29 is 13.2 Å². The Labute approximate surface area is 117 Å². The zero-order chi connectivity index (χ0) is 14.6. The highest BCUT2D eigenvalue weighted by Crippen LogP contribution is 2.21. The minimum Gasteiger partial charge on any atom is -0.323 e. The van der Waals surface area contributed by atoms with Crippen molar-refractivity contribution in [2.45, 2.75) is 9.79 Å². The summed E-state index contributed by atoms with van der Waals surface area (Å²) in [5.74, 6) is -0.344. The Balaban J connectivity index is 2.30. The van der Waals surface area contributed by atoms with E-state index >= 15 is 0 Å². The Kier molecular flexibility index (Phi) is 4.00. The Hall–Kier alpha value is -2.40. The minimum atomic E-state index is -3.52. The summed E-state index contributed by atoms with van der Waals surface area (Å²) in [6.45, 7) is 3.35. The van der Waals surface area contributed by atoms with Crippen molar-refractivity contribution in [1.29, 1.82) is 0 Å². The predicted octanol–water partition coefficient (Wildman–Crippen LogP) is 2.64. The molecule has 0 spiro atoms. The van der Waals surface area contributed by atoms with E-state index in [4.69, 9.17) is 0 Å². The molecule has 0 unspecified atom stereocenters. The highest BCUT2D eigenvalue weighted by molar-refractivity contribution is 7.91. The SMILES string of the molecule is C=CC(=O)Nc1ccc(S(=O)(=O)c2ccccc2)cc1. The molecule has 0 bridgehead atoms. The lowest BCUT2D eigenvalue weighted by Gasteiger charge is -2.06. The van der Waals surface area contributed by atoms with Gasteiger partial charge in [0.2, 0.25) is 15.7 Å². The van der Waals surface area contributed by atoms with Crippen LogP contribution in [0.5, 0.6) is 0 Å². The normalized spacial score (nSPS) is 10.8. The van der Waals surface area contributed by atoms with Gasteiger partial charge >= 0.3 is 0 Å². The molecule has 0 fully saturated rings. The van der Waals surface area contributed by atoms with Crippen LogP contribution in [-0.4, -0.2) is 14.3 Å². The first-order valence-electron chi connectivity index (χ1n) is 5.87. The van der Waals surface area contributed by atoms with Gasteiger partial charge in [0.05, 0.1) is 9.79 Å². The lowest BCUT2D eigenvalue weighted by molar-refractivity contribution is -0.111. The van der Waals surface area contributed by atoms with Gasteiger partial charge in [-0.2, -0.15) is 0 Å². The number of benzene rings is 2. The van der Waals surface area contributed by atoms with Gasteiger partial charge in [0.25, 0.3) is 0 Å². The molecular formula is C15H13NO3S. The number of anilines is 1. The predicted molar refractivity (Wildman–Crippen MR) is 77.2 cm³/mol. The molecule has 1 amide bonds. The molecule has 0 aliphatic heterocycles. The van der Waals surface area contributed by atoms with Crippen LogP contribution in [0, 0.1) is 0 Å². The largest absolute Gasteiger partial charge is 0.323 e. The van der Waals surface area contributed by atoms with Crippen molar-refractivity contribution >= 4 is 21.4 Å². The van der Waals surface area contributed by atoms with Gasteiger partial charge in [-0.25, -0.2) is 8.42 Å². The summed E-state index contributed by atoms with van der Waals surface area (Å²) in [6, 6.07) is 14.2. The summed E-state index contributed by atoms with van der Waals surface area (Å²) in [5, 5.41) is 2.56. The number of sulfone groups is 1. The molecule has 5 heteroatoms. The standard InChI is InChI=1S/C15H13NO3S/c1-2-15(17)16-12-8-10-14(11-9-12)20(18,19)13-6-4-3-5-7-13/h2-11H,1H2,(H,16,17). The summed E-state index contributed by atoms with van der Waals surface area (Å²) in [4.78, 5) is 11.6. The van der Waals surface area contributed by atoms with E-state index in [1.165, 1.54) is 24.3 Å².